The van der Waals surface area contributed by atoms with E-state index in [1.807, 2.05) is 23.7 Å². The fourth-order valence-corrected chi connectivity index (χ4v) is 3.45. The normalized spacial score (nSPS) is 14.1. The summed E-state index contributed by atoms with van der Waals surface area (Å²) in [6.07, 6.45) is 3.44. The van der Waals surface area contributed by atoms with E-state index in [4.69, 9.17) is 11.6 Å². The van der Waals surface area contributed by atoms with Crippen LogP contribution in [0.1, 0.15) is 48.5 Å². The summed E-state index contributed by atoms with van der Waals surface area (Å²) in [4.78, 5) is 42.7. The molecule has 7 nitrogen and oxygen atoms in total. The van der Waals surface area contributed by atoms with Crippen molar-refractivity contribution in [3.8, 4) is 0 Å². The molecule has 0 aliphatic carbocycles. The quantitative estimate of drug-likeness (QED) is 0.673. The van der Waals surface area contributed by atoms with Crippen molar-refractivity contribution in [2.45, 2.75) is 6.04 Å². The number of fused-ring (bicyclic) bond motifs is 1. The summed E-state index contributed by atoms with van der Waals surface area (Å²) in [6.45, 7) is 0. The summed E-state index contributed by atoms with van der Waals surface area (Å²) < 4.78 is 1.82. The number of carbonyl (C=O) groups excluding carboxylic acids is 3. The van der Waals surface area contributed by atoms with Crippen LogP contribution in [-0.4, -0.2) is 39.2 Å². The fraction of sp³-hybridized carbons (Fsp3) is 0.143. The molecule has 2 aromatic carbocycles. The highest BCUT2D eigenvalue weighted by Crippen LogP contribution is 2.25. The van der Waals surface area contributed by atoms with E-state index in [1.54, 1.807) is 24.5 Å². The molecule has 0 spiro atoms. The van der Waals surface area contributed by atoms with Gasteiger partial charge in [0.05, 0.1) is 11.1 Å². The molecule has 1 N–H and O–H groups in total. The van der Waals surface area contributed by atoms with Crippen LogP contribution in [0.3, 0.4) is 0 Å². The molecular weight excluding hydrogens is 392 g/mol. The van der Waals surface area contributed by atoms with Crippen molar-refractivity contribution in [1.82, 2.24) is 19.8 Å². The fourth-order valence-electron chi connectivity index (χ4n) is 3.32. The van der Waals surface area contributed by atoms with Crippen molar-refractivity contribution in [2.75, 3.05) is 7.05 Å². The highest BCUT2D eigenvalue weighted by atomic mass is 35.5. The van der Waals surface area contributed by atoms with Gasteiger partial charge in [-0.25, -0.2) is 4.98 Å². The predicted octanol–water partition coefficient (Wildman–Crippen LogP) is 2.82. The summed E-state index contributed by atoms with van der Waals surface area (Å²) in [5.74, 6) is -0.527. The van der Waals surface area contributed by atoms with Gasteiger partial charge in [-0.05, 0) is 35.9 Å². The van der Waals surface area contributed by atoms with Crippen LogP contribution in [0.15, 0.2) is 54.9 Å². The van der Waals surface area contributed by atoms with Gasteiger partial charge in [-0.2, -0.15) is 0 Å². The summed E-state index contributed by atoms with van der Waals surface area (Å²) >= 11 is 5.99. The van der Waals surface area contributed by atoms with Gasteiger partial charge in [0.15, 0.2) is 0 Å². The third-order valence-electron chi connectivity index (χ3n) is 4.95. The number of nitrogens with zero attached hydrogens (tertiary/aromatic N) is 3. The van der Waals surface area contributed by atoms with Crippen molar-refractivity contribution in [1.29, 1.82) is 0 Å². The molecule has 1 aromatic heterocycles. The Balaban J connectivity index is 1.68. The molecule has 0 fully saturated rings. The van der Waals surface area contributed by atoms with Gasteiger partial charge in [0.1, 0.15) is 11.9 Å². The Labute approximate surface area is 171 Å². The molecule has 0 radical (unpaired) electrons. The maximum Gasteiger partial charge on any atom is 0.261 e. The lowest BCUT2D eigenvalue weighted by Crippen LogP contribution is -2.31. The van der Waals surface area contributed by atoms with Gasteiger partial charge >= 0.3 is 0 Å². The average Bonchev–Trinajstić information content (AvgIpc) is 3.24. The highest BCUT2D eigenvalue weighted by molar-refractivity contribution is 6.30. The van der Waals surface area contributed by atoms with Crippen LogP contribution in [-0.2, 0) is 7.05 Å². The van der Waals surface area contributed by atoms with Crippen molar-refractivity contribution in [3.63, 3.8) is 0 Å². The smallest absolute Gasteiger partial charge is 0.261 e. The second-order valence-corrected chi connectivity index (χ2v) is 7.22. The molecule has 4 rings (SSSR count). The molecule has 0 unspecified atom stereocenters. The summed E-state index contributed by atoms with van der Waals surface area (Å²) in [7, 11) is 3.26. The van der Waals surface area contributed by atoms with E-state index >= 15 is 0 Å². The maximum atomic E-state index is 13.0. The number of aromatic nitrogens is 2. The second kappa shape index (κ2) is 7.18. The summed E-state index contributed by atoms with van der Waals surface area (Å²) in [6, 6.07) is 11.1. The molecule has 3 aromatic rings. The Hall–Kier alpha value is -3.45. The molecule has 29 heavy (non-hydrogen) atoms. The van der Waals surface area contributed by atoms with Crippen LogP contribution in [0.4, 0.5) is 0 Å². The monoisotopic (exact) mass is 408 g/mol. The van der Waals surface area contributed by atoms with E-state index in [2.05, 4.69) is 10.3 Å². The van der Waals surface area contributed by atoms with Gasteiger partial charge in [-0.1, -0.05) is 23.7 Å². The molecule has 1 aliphatic heterocycles. The minimum atomic E-state index is -0.520. The standard InChI is InChI=1S/C21H17ClN4O3/c1-25-10-9-23-18(25)17(12-3-6-14(22)7-4-12)24-19(27)13-5-8-15-16(11-13)21(29)26(2)20(15)28/h3-11,17H,1-2H3,(H,24,27)/t17-/m1/s1. The lowest BCUT2D eigenvalue weighted by molar-refractivity contribution is 0.0693. The Morgan fingerprint density at radius 2 is 1.72 bits per heavy atom. The molecule has 3 amide bonds. The zero-order chi connectivity index (χ0) is 20.7. The first kappa shape index (κ1) is 18.9. The van der Waals surface area contributed by atoms with Gasteiger partial charge < -0.3 is 9.88 Å². The first-order valence-electron chi connectivity index (χ1n) is 8.87. The first-order chi connectivity index (χ1) is 13.9. The minimum Gasteiger partial charge on any atom is -0.338 e. The zero-order valence-electron chi connectivity index (χ0n) is 15.7. The van der Waals surface area contributed by atoms with E-state index in [0.717, 1.165) is 10.5 Å². The van der Waals surface area contributed by atoms with Crippen molar-refractivity contribution in [3.05, 3.63) is 88.0 Å². The number of hydrogen-bond acceptors (Lipinski definition) is 4. The Morgan fingerprint density at radius 1 is 1.03 bits per heavy atom. The maximum absolute atomic E-state index is 13.0. The van der Waals surface area contributed by atoms with E-state index in [1.165, 1.54) is 25.2 Å². The van der Waals surface area contributed by atoms with Gasteiger partial charge in [-0.3, -0.25) is 19.3 Å². The van der Waals surface area contributed by atoms with Crippen LogP contribution in [0.2, 0.25) is 5.02 Å². The molecule has 0 bridgehead atoms. The van der Waals surface area contributed by atoms with Crippen molar-refractivity contribution in [2.24, 2.45) is 7.05 Å². The molecule has 0 saturated carbocycles. The molecule has 8 heteroatoms. The number of hydrogen-bond donors (Lipinski definition) is 1. The number of rotatable bonds is 4. The van der Waals surface area contributed by atoms with E-state index in [0.29, 0.717) is 16.4 Å². The summed E-state index contributed by atoms with van der Waals surface area (Å²) in [5, 5.41) is 3.55. The van der Waals surface area contributed by atoms with E-state index in [9.17, 15) is 14.4 Å². The molecule has 1 aliphatic rings. The number of imide groups is 1. The van der Waals surface area contributed by atoms with Crippen LogP contribution in [0.5, 0.6) is 0 Å². The molecule has 0 saturated heterocycles. The number of nitrogens with one attached hydrogen (secondary N) is 1. The lowest BCUT2D eigenvalue weighted by atomic mass is 10.0. The van der Waals surface area contributed by atoms with Crippen molar-refractivity contribution < 1.29 is 14.4 Å². The van der Waals surface area contributed by atoms with Gasteiger partial charge in [0.25, 0.3) is 17.7 Å². The molecular formula is C21H17ClN4O3. The van der Waals surface area contributed by atoms with Gasteiger partial charge in [-0.15, -0.1) is 0 Å². The van der Waals surface area contributed by atoms with Crippen molar-refractivity contribution >= 4 is 29.3 Å². The first-order valence-corrected chi connectivity index (χ1v) is 9.24. The number of imidazole rings is 1. The number of carbonyl (C=O) groups is 3. The topological polar surface area (TPSA) is 84.3 Å². The number of halogens is 1. The number of aryl methyl sites for hydroxylation is 1. The van der Waals surface area contributed by atoms with Crippen LogP contribution < -0.4 is 5.32 Å². The largest absolute Gasteiger partial charge is 0.338 e. The highest BCUT2D eigenvalue weighted by Gasteiger charge is 2.33. The van der Waals surface area contributed by atoms with Gasteiger partial charge in [0, 0.05) is 37.1 Å². The number of benzene rings is 2. The predicted molar refractivity (Wildman–Crippen MR) is 107 cm³/mol. The second-order valence-electron chi connectivity index (χ2n) is 6.78. The molecule has 1 atom stereocenters. The molecule has 2 heterocycles. The van der Waals surface area contributed by atoms with Crippen LogP contribution in [0, 0.1) is 0 Å². The SMILES string of the molecule is CN1C(=O)c2ccc(C(=O)N[C@H](c3ccc(Cl)cc3)c3nccn3C)cc2C1=O. The average molecular weight is 409 g/mol. The Kier molecular flexibility index (Phi) is 4.68. The van der Waals surface area contributed by atoms with Gasteiger partial charge in [0.2, 0.25) is 0 Å². The van der Waals surface area contributed by atoms with E-state index < -0.39 is 11.9 Å². The lowest BCUT2D eigenvalue weighted by Gasteiger charge is -2.19. The third-order valence-corrected chi connectivity index (χ3v) is 5.20. The third kappa shape index (κ3) is 3.30. The number of amides is 3. The molecule has 146 valence electrons. The van der Waals surface area contributed by atoms with Crippen LogP contribution >= 0.6 is 11.6 Å². The van der Waals surface area contributed by atoms with E-state index in [-0.39, 0.29) is 22.9 Å². The minimum absolute atomic E-state index is 0.227. The summed E-state index contributed by atoms with van der Waals surface area (Å²) in [5.41, 5.74) is 1.62. The zero-order valence-corrected chi connectivity index (χ0v) is 16.5. The Morgan fingerprint density at radius 3 is 2.38 bits per heavy atom. The van der Waals surface area contributed by atoms with Crippen LogP contribution in [0.25, 0.3) is 0 Å². The Bertz CT molecular complexity index is 1140.